The molecule has 1 aliphatic heterocycles. The number of nitrogens with one attached hydrogen (secondary N) is 1. The van der Waals surface area contributed by atoms with Crippen LogP contribution in [-0.2, 0) is 6.54 Å². The summed E-state index contributed by atoms with van der Waals surface area (Å²) in [6.07, 6.45) is -0.0879. The Bertz CT molecular complexity index is 1020. The average molecular weight is 414 g/mol. The number of ether oxygens (including phenoxy) is 2. The quantitative estimate of drug-likeness (QED) is 0.686. The number of nitrogens with zero attached hydrogens (tertiary/aromatic N) is 3. The van der Waals surface area contributed by atoms with Gasteiger partial charge < -0.3 is 19.7 Å². The van der Waals surface area contributed by atoms with Crippen molar-refractivity contribution in [1.29, 1.82) is 0 Å². The molecule has 9 heteroatoms. The molecule has 0 saturated heterocycles. The standard InChI is InChI=1S/C20H19FN4O3S/c1-12-10-25(16-8-3-13(21)9-17(16)28-12)11-18-23-24-20(29-18)19(26)22-14-4-6-15(27-2)7-5-14/h3-9,12H,10-11H2,1-2H3,(H,22,26)/t12-/m1/s1. The minimum Gasteiger partial charge on any atom is -0.497 e. The van der Waals surface area contributed by atoms with Gasteiger partial charge in [-0.2, -0.15) is 0 Å². The van der Waals surface area contributed by atoms with E-state index in [1.807, 2.05) is 6.92 Å². The second kappa shape index (κ2) is 8.04. The van der Waals surface area contributed by atoms with Gasteiger partial charge >= 0.3 is 0 Å². The van der Waals surface area contributed by atoms with E-state index in [2.05, 4.69) is 20.4 Å². The van der Waals surface area contributed by atoms with Crippen molar-refractivity contribution in [2.45, 2.75) is 19.6 Å². The minimum absolute atomic E-state index is 0.0879. The highest BCUT2D eigenvalue weighted by Crippen LogP contribution is 2.35. The number of hydrogen-bond acceptors (Lipinski definition) is 7. The largest absolute Gasteiger partial charge is 0.497 e. The van der Waals surface area contributed by atoms with Crippen LogP contribution in [-0.4, -0.2) is 35.9 Å². The van der Waals surface area contributed by atoms with Crippen LogP contribution >= 0.6 is 11.3 Å². The Hall–Kier alpha value is -3.20. The zero-order chi connectivity index (χ0) is 20.4. The average Bonchev–Trinajstić information content (AvgIpc) is 3.17. The Morgan fingerprint density at radius 1 is 1.31 bits per heavy atom. The predicted octanol–water partition coefficient (Wildman–Crippen LogP) is 3.73. The van der Waals surface area contributed by atoms with Crippen LogP contribution in [0.25, 0.3) is 0 Å². The summed E-state index contributed by atoms with van der Waals surface area (Å²) in [6.45, 7) is 3.01. The SMILES string of the molecule is COc1ccc(NC(=O)c2nnc(CN3C[C@@H](C)Oc4cc(F)ccc43)s2)cc1. The number of hydrogen-bond donors (Lipinski definition) is 1. The van der Waals surface area contributed by atoms with Gasteiger partial charge in [0.2, 0.25) is 5.01 Å². The van der Waals surface area contributed by atoms with Crippen molar-refractivity contribution in [2.24, 2.45) is 0 Å². The molecule has 1 amide bonds. The fraction of sp³-hybridized carbons (Fsp3) is 0.250. The van der Waals surface area contributed by atoms with E-state index in [1.54, 1.807) is 37.4 Å². The lowest BCUT2D eigenvalue weighted by Crippen LogP contribution is -2.38. The Morgan fingerprint density at radius 2 is 2.10 bits per heavy atom. The summed E-state index contributed by atoms with van der Waals surface area (Å²) in [5.74, 6) is 0.551. The molecule has 1 atom stereocenters. The number of amides is 1. The van der Waals surface area contributed by atoms with Gasteiger partial charge in [-0.15, -0.1) is 10.2 Å². The number of anilines is 2. The summed E-state index contributed by atoms with van der Waals surface area (Å²) in [4.78, 5) is 14.5. The predicted molar refractivity (Wildman–Crippen MR) is 108 cm³/mol. The smallest absolute Gasteiger partial charge is 0.286 e. The van der Waals surface area contributed by atoms with Crippen LogP contribution in [0.2, 0.25) is 0 Å². The molecular weight excluding hydrogens is 395 g/mol. The zero-order valence-electron chi connectivity index (χ0n) is 15.9. The number of halogens is 1. The molecule has 2 aromatic carbocycles. The maximum absolute atomic E-state index is 13.5. The van der Waals surface area contributed by atoms with Gasteiger partial charge in [-0.05, 0) is 43.3 Å². The summed E-state index contributed by atoms with van der Waals surface area (Å²) < 4.78 is 24.3. The summed E-state index contributed by atoms with van der Waals surface area (Å²) in [7, 11) is 1.58. The normalized spacial score (nSPS) is 15.4. The topological polar surface area (TPSA) is 76.6 Å². The Morgan fingerprint density at radius 3 is 2.86 bits per heavy atom. The number of carbonyl (C=O) groups is 1. The van der Waals surface area contributed by atoms with Gasteiger partial charge in [-0.3, -0.25) is 4.79 Å². The Labute approximate surface area is 171 Å². The van der Waals surface area contributed by atoms with Crippen LogP contribution < -0.4 is 19.7 Å². The molecule has 1 N–H and O–H groups in total. The number of benzene rings is 2. The van der Waals surface area contributed by atoms with Crippen molar-refractivity contribution in [3.63, 3.8) is 0 Å². The molecule has 3 aromatic rings. The van der Waals surface area contributed by atoms with E-state index >= 15 is 0 Å². The first-order valence-electron chi connectivity index (χ1n) is 9.01. The molecule has 1 aromatic heterocycles. The molecule has 7 nitrogen and oxygen atoms in total. The molecule has 0 spiro atoms. The third-order valence-electron chi connectivity index (χ3n) is 4.40. The van der Waals surface area contributed by atoms with E-state index < -0.39 is 0 Å². The van der Waals surface area contributed by atoms with E-state index in [0.29, 0.717) is 35.3 Å². The highest BCUT2D eigenvalue weighted by atomic mass is 32.1. The van der Waals surface area contributed by atoms with Crippen molar-refractivity contribution in [2.75, 3.05) is 23.9 Å². The number of fused-ring (bicyclic) bond motifs is 1. The molecule has 0 saturated carbocycles. The van der Waals surface area contributed by atoms with Crippen LogP contribution in [0, 0.1) is 5.82 Å². The van der Waals surface area contributed by atoms with E-state index in [4.69, 9.17) is 9.47 Å². The van der Waals surface area contributed by atoms with Crippen LogP contribution in [0.15, 0.2) is 42.5 Å². The monoisotopic (exact) mass is 414 g/mol. The van der Waals surface area contributed by atoms with E-state index in [1.165, 1.54) is 23.5 Å². The highest BCUT2D eigenvalue weighted by Gasteiger charge is 2.25. The summed E-state index contributed by atoms with van der Waals surface area (Å²) in [6, 6.07) is 11.5. The molecule has 0 aliphatic carbocycles. The first-order valence-corrected chi connectivity index (χ1v) is 9.82. The maximum Gasteiger partial charge on any atom is 0.286 e. The molecule has 0 fully saturated rings. The lowest BCUT2D eigenvalue weighted by atomic mass is 10.2. The highest BCUT2D eigenvalue weighted by molar-refractivity contribution is 7.13. The molecule has 1 aliphatic rings. The Balaban J connectivity index is 1.46. The molecule has 2 heterocycles. The number of rotatable bonds is 5. The third kappa shape index (κ3) is 4.29. The van der Waals surface area contributed by atoms with Gasteiger partial charge in [0, 0.05) is 11.8 Å². The van der Waals surface area contributed by atoms with Crippen LogP contribution in [0.5, 0.6) is 11.5 Å². The van der Waals surface area contributed by atoms with Gasteiger partial charge in [-0.25, -0.2) is 4.39 Å². The first kappa shape index (κ1) is 19.1. The molecule has 0 radical (unpaired) electrons. The molecule has 4 rings (SSSR count). The van der Waals surface area contributed by atoms with Crippen molar-refractivity contribution in [3.05, 3.63) is 58.3 Å². The second-order valence-electron chi connectivity index (χ2n) is 6.60. The van der Waals surface area contributed by atoms with E-state index in [0.717, 1.165) is 5.69 Å². The fourth-order valence-electron chi connectivity index (χ4n) is 3.09. The van der Waals surface area contributed by atoms with Gasteiger partial charge in [-0.1, -0.05) is 11.3 Å². The van der Waals surface area contributed by atoms with E-state index in [-0.39, 0.29) is 22.8 Å². The molecule has 150 valence electrons. The molecular formula is C20H19FN4O3S. The lowest BCUT2D eigenvalue weighted by molar-refractivity contribution is 0.102. The molecule has 0 unspecified atom stereocenters. The Kier molecular flexibility index (Phi) is 5.30. The zero-order valence-corrected chi connectivity index (χ0v) is 16.7. The van der Waals surface area contributed by atoms with Gasteiger partial charge in [0.05, 0.1) is 25.9 Å². The number of carbonyl (C=O) groups excluding carboxylic acids is 1. The van der Waals surface area contributed by atoms with Crippen molar-refractivity contribution in [3.8, 4) is 11.5 Å². The molecule has 29 heavy (non-hydrogen) atoms. The summed E-state index contributed by atoms with van der Waals surface area (Å²) in [5.41, 5.74) is 1.44. The maximum atomic E-state index is 13.5. The minimum atomic E-state index is -0.341. The van der Waals surface area contributed by atoms with Crippen molar-refractivity contribution < 1.29 is 18.7 Å². The molecule has 0 bridgehead atoms. The van der Waals surface area contributed by atoms with Gasteiger partial charge in [0.1, 0.15) is 28.4 Å². The number of methoxy groups -OCH3 is 1. The first-order chi connectivity index (χ1) is 14.0. The van der Waals surface area contributed by atoms with Crippen molar-refractivity contribution >= 4 is 28.6 Å². The van der Waals surface area contributed by atoms with Crippen molar-refractivity contribution in [1.82, 2.24) is 10.2 Å². The lowest BCUT2D eigenvalue weighted by Gasteiger charge is -2.34. The van der Waals surface area contributed by atoms with Crippen LogP contribution in [0.4, 0.5) is 15.8 Å². The van der Waals surface area contributed by atoms with Gasteiger partial charge in [0.25, 0.3) is 5.91 Å². The second-order valence-corrected chi connectivity index (χ2v) is 7.67. The summed E-state index contributed by atoms with van der Waals surface area (Å²) >= 11 is 1.23. The van der Waals surface area contributed by atoms with Crippen LogP contribution in [0.1, 0.15) is 21.7 Å². The number of aromatic nitrogens is 2. The summed E-state index contributed by atoms with van der Waals surface area (Å²) in [5, 5.41) is 11.9. The third-order valence-corrected chi connectivity index (χ3v) is 5.31. The van der Waals surface area contributed by atoms with Gasteiger partial charge in [0.15, 0.2) is 0 Å². The van der Waals surface area contributed by atoms with E-state index in [9.17, 15) is 9.18 Å². The fourth-order valence-corrected chi connectivity index (χ4v) is 3.84. The van der Waals surface area contributed by atoms with Crippen LogP contribution in [0.3, 0.4) is 0 Å².